The minimum Gasteiger partial charge on any atom is -0.481 e. The van der Waals surface area contributed by atoms with Gasteiger partial charge in [0, 0.05) is 19.0 Å². The van der Waals surface area contributed by atoms with Gasteiger partial charge < -0.3 is 20.1 Å². The Morgan fingerprint density at radius 3 is 2.26 bits per heavy atom. The van der Waals surface area contributed by atoms with Gasteiger partial charge in [0.1, 0.15) is 12.6 Å². The number of hydrogen-bond acceptors (Lipinski definition) is 4. The van der Waals surface area contributed by atoms with Gasteiger partial charge in [-0.05, 0) is 47.9 Å². The van der Waals surface area contributed by atoms with Gasteiger partial charge in [0.2, 0.25) is 5.91 Å². The minimum atomic E-state index is -0.836. The highest BCUT2D eigenvalue weighted by Crippen LogP contribution is 2.44. The second-order valence-electron chi connectivity index (χ2n) is 9.00. The first-order chi connectivity index (χ1) is 16.4. The zero-order chi connectivity index (χ0) is 24.2. The quantitative estimate of drug-likeness (QED) is 0.545. The summed E-state index contributed by atoms with van der Waals surface area (Å²) in [6, 6.07) is 15.3. The second-order valence-corrected chi connectivity index (χ2v) is 9.00. The van der Waals surface area contributed by atoms with E-state index in [1.165, 1.54) is 0 Å². The lowest BCUT2D eigenvalue weighted by Crippen LogP contribution is -2.54. The molecule has 0 aromatic heterocycles. The lowest BCUT2D eigenvalue weighted by atomic mass is 9.79. The maximum Gasteiger partial charge on any atom is 0.407 e. The zero-order valence-corrected chi connectivity index (χ0v) is 19.3. The van der Waals surface area contributed by atoms with Gasteiger partial charge in [-0.15, -0.1) is 6.58 Å². The van der Waals surface area contributed by atoms with E-state index in [0.717, 1.165) is 22.3 Å². The summed E-state index contributed by atoms with van der Waals surface area (Å²) in [6.45, 7) is 3.87. The standard InChI is InChI=1S/C27H30N2O5/c1-3-4-13-24(25(30)29(2)18-14-17(15-18)26(31)32)28-27(33)34-16-23-21-11-7-5-9-19(21)20-10-6-8-12-22(20)23/h3,5-12,17-18,23-24H,1,4,13-16H2,2H3,(H,28,33)(H,31,32). The molecule has 1 saturated carbocycles. The van der Waals surface area contributed by atoms with Crippen LogP contribution in [0, 0.1) is 5.92 Å². The van der Waals surface area contributed by atoms with E-state index in [1.807, 2.05) is 24.3 Å². The Morgan fingerprint density at radius 2 is 1.71 bits per heavy atom. The first-order valence-corrected chi connectivity index (χ1v) is 11.6. The van der Waals surface area contributed by atoms with E-state index in [-0.39, 0.29) is 24.5 Å². The Kier molecular flexibility index (Phi) is 7.01. The van der Waals surface area contributed by atoms with E-state index in [4.69, 9.17) is 9.84 Å². The molecule has 1 atom stereocenters. The number of carbonyl (C=O) groups is 3. The highest BCUT2D eigenvalue weighted by atomic mass is 16.5. The van der Waals surface area contributed by atoms with Crippen LogP contribution in [0.3, 0.4) is 0 Å². The molecule has 7 heteroatoms. The molecule has 0 radical (unpaired) electrons. The van der Waals surface area contributed by atoms with Gasteiger partial charge in [0.05, 0.1) is 5.92 Å². The van der Waals surface area contributed by atoms with Crippen LogP contribution < -0.4 is 5.32 Å². The molecule has 0 aliphatic heterocycles. The van der Waals surface area contributed by atoms with E-state index >= 15 is 0 Å². The number of benzene rings is 2. The fourth-order valence-corrected chi connectivity index (χ4v) is 4.86. The number of allylic oxidation sites excluding steroid dienone is 1. The van der Waals surface area contributed by atoms with Crippen molar-refractivity contribution in [3.63, 3.8) is 0 Å². The van der Waals surface area contributed by atoms with Crippen LogP contribution in [0.4, 0.5) is 4.79 Å². The van der Waals surface area contributed by atoms with Crippen LogP contribution in [0.2, 0.25) is 0 Å². The number of likely N-dealkylation sites (N-methyl/N-ethyl adjacent to an activating group) is 1. The number of nitrogens with zero attached hydrogens (tertiary/aromatic N) is 1. The molecule has 1 unspecified atom stereocenters. The lowest BCUT2D eigenvalue weighted by molar-refractivity contribution is -0.150. The number of carboxylic acids is 1. The molecule has 7 nitrogen and oxygen atoms in total. The molecule has 2 aliphatic carbocycles. The van der Waals surface area contributed by atoms with Crippen molar-refractivity contribution >= 4 is 18.0 Å². The topological polar surface area (TPSA) is 95.9 Å². The molecular formula is C27H30N2O5. The van der Waals surface area contributed by atoms with Gasteiger partial charge in [0.25, 0.3) is 0 Å². The normalized spacial score (nSPS) is 19.2. The molecule has 2 aliphatic rings. The maximum absolute atomic E-state index is 13.1. The Hall–Kier alpha value is -3.61. The van der Waals surface area contributed by atoms with Crippen molar-refractivity contribution in [2.45, 2.75) is 43.7 Å². The summed E-state index contributed by atoms with van der Waals surface area (Å²) in [6.07, 6.45) is 2.86. The van der Waals surface area contributed by atoms with E-state index in [0.29, 0.717) is 25.7 Å². The number of fused-ring (bicyclic) bond motifs is 3. The van der Waals surface area contributed by atoms with Crippen LogP contribution >= 0.6 is 0 Å². The summed E-state index contributed by atoms with van der Waals surface area (Å²) in [5.74, 6) is -1.56. The molecule has 0 spiro atoms. The number of carboxylic acid groups (broad SMARTS) is 1. The molecule has 1 fully saturated rings. The summed E-state index contributed by atoms with van der Waals surface area (Å²) in [7, 11) is 1.66. The molecule has 0 saturated heterocycles. The van der Waals surface area contributed by atoms with Crippen molar-refractivity contribution in [2.24, 2.45) is 5.92 Å². The summed E-state index contributed by atoms with van der Waals surface area (Å²) < 4.78 is 5.61. The molecular weight excluding hydrogens is 432 g/mol. The Morgan fingerprint density at radius 1 is 1.12 bits per heavy atom. The summed E-state index contributed by atoms with van der Waals surface area (Å²) >= 11 is 0. The molecule has 0 bridgehead atoms. The Balaban J connectivity index is 1.38. The Bertz CT molecular complexity index is 1050. The second kappa shape index (κ2) is 10.1. The number of hydrogen-bond donors (Lipinski definition) is 2. The van der Waals surface area contributed by atoms with Crippen molar-refractivity contribution in [3.05, 3.63) is 72.3 Å². The molecule has 34 heavy (non-hydrogen) atoms. The average molecular weight is 463 g/mol. The van der Waals surface area contributed by atoms with Crippen LogP contribution in [0.15, 0.2) is 61.2 Å². The number of ether oxygens (including phenoxy) is 1. The lowest BCUT2D eigenvalue weighted by Gasteiger charge is -2.40. The summed E-state index contributed by atoms with van der Waals surface area (Å²) in [4.78, 5) is 38.4. The molecule has 2 N–H and O–H groups in total. The van der Waals surface area contributed by atoms with Crippen LogP contribution in [-0.2, 0) is 14.3 Å². The van der Waals surface area contributed by atoms with Crippen molar-refractivity contribution < 1.29 is 24.2 Å². The molecule has 2 aromatic carbocycles. The van der Waals surface area contributed by atoms with Gasteiger partial charge >= 0.3 is 12.1 Å². The van der Waals surface area contributed by atoms with Crippen LogP contribution in [-0.4, -0.2) is 53.7 Å². The number of aliphatic carboxylic acids is 1. The van der Waals surface area contributed by atoms with Crippen molar-refractivity contribution in [1.29, 1.82) is 0 Å². The van der Waals surface area contributed by atoms with Gasteiger partial charge in [0.15, 0.2) is 0 Å². The SMILES string of the molecule is C=CCCC(NC(=O)OCC1c2ccccc2-c2ccccc21)C(=O)N(C)C1CC(C(=O)O)C1. The molecule has 2 aromatic rings. The highest BCUT2D eigenvalue weighted by molar-refractivity contribution is 5.86. The number of carbonyl (C=O) groups excluding carboxylic acids is 2. The van der Waals surface area contributed by atoms with Crippen molar-refractivity contribution in [3.8, 4) is 11.1 Å². The van der Waals surface area contributed by atoms with E-state index in [1.54, 1.807) is 18.0 Å². The molecule has 178 valence electrons. The summed E-state index contributed by atoms with van der Waals surface area (Å²) in [5.41, 5.74) is 4.53. The van der Waals surface area contributed by atoms with E-state index in [2.05, 4.69) is 36.2 Å². The van der Waals surface area contributed by atoms with Gasteiger partial charge in [-0.25, -0.2) is 4.79 Å². The molecule has 4 rings (SSSR count). The summed E-state index contributed by atoms with van der Waals surface area (Å²) in [5, 5.41) is 11.8. The van der Waals surface area contributed by atoms with Gasteiger partial charge in [-0.3, -0.25) is 9.59 Å². The van der Waals surface area contributed by atoms with Crippen LogP contribution in [0.25, 0.3) is 11.1 Å². The average Bonchev–Trinajstić information content (AvgIpc) is 3.12. The number of alkyl carbamates (subject to hydrolysis) is 1. The first-order valence-electron chi connectivity index (χ1n) is 11.6. The monoisotopic (exact) mass is 462 g/mol. The van der Waals surface area contributed by atoms with Crippen LogP contribution in [0.1, 0.15) is 42.7 Å². The third kappa shape index (κ3) is 4.69. The van der Waals surface area contributed by atoms with Crippen LogP contribution in [0.5, 0.6) is 0 Å². The molecule has 0 heterocycles. The van der Waals surface area contributed by atoms with Gasteiger partial charge in [-0.1, -0.05) is 54.6 Å². The fourth-order valence-electron chi connectivity index (χ4n) is 4.86. The first kappa shape index (κ1) is 23.5. The maximum atomic E-state index is 13.1. The minimum absolute atomic E-state index is 0.0638. The smallest absolute Gasteiger partial charge is 0.407 e. The number of amides is 2. The highest BCUT2D eigenvalue weighted by Gasteiger charge is 2.40. The molecule has 2 amide bonds. The Labute approximate surface area is 199 Å². The number of nitrogens with one attached hydrogen (secondary N) is 1. The largest absolute Gasteiger partial charge is 0.481 e. The third-order valence-corrected chi connectivity index (χ3v) is 6.95. The van der Waals surface area contributed by atoms with E-state index in [9.17, 15) is 14.4 Å². The van der Waals surface area contributed by atoms with Crippen molar-refractivity contribution in [1.82, 2.24) is 10.2 Å². The third-order valence-electron chi connectivity index (χ3n) is 6.95. The predicted molar refractivity (Wildman–Crippen MR) is 128 cm³/mol. The van der Waals surface area contributed by atoms with E-state index < -0.39 is 24.0 Å². The van der Waals surface area contributed by atoms with Crippen molar-refractivity contribution in [2.75, 3.05) is 13.7 Å². The predicted octanol–water partition coefficient (Wildman–Crippen LogP) is 4.18. The fraction of sp³-hybridized carbons (Fsp3) is 0.370. The zero-order valence-electron chi connectivity index (χ0n) is 19.3. The van der Waals surface area contributed by atoms with Gasteiger partial charge in [-0.2, -0.15) is 0 Å². The number of rotatable bonds is 9.